The third-order valence-corrected chi connectivity index (χ3v) is 1.84. The summed E-state index contributed by atoms with van der Waals surface area (Å²) in [5, 5.41) is 20.3. The topological polar surface area (TPSA) is 52.5 Å². The molecular weight excluding hydrogens is 211 g/mol. The summed E-state index contributed by atoms with van der Waals surface area (Å²) in [6.07, 6.45) is -7.13. The van der Waals surface area contributed by atoms with Crippen molar-refractivity contribution in [3.05, 3.63) is 0 Å². The molecule has 0 spiro atoms. The first kappa shape index (κ1) is 14.7. The van der Waals surface area contributed by atoms with E-state index >= 15 is 0 Å². The Morgan fingerprint density at radius 1 is 1.13 bits per heavy atom. The largest absolute Gasteiger partial charge is 0.415 e. The normalized spacial score (nSPS) is 16.8. The molecule has 0 aliphatic rings. The molecule has 0 aromatic carbocycles. The molecule has 0 saturated carbocycles. The summed E-state index contributed by atoms with van der Waals surface area (Å²) in [4.78, 5) is 0. The van der Waals surface area contributed by atoms with E-state index in [4.69, 9.17) is 5.11 Å². The maximum Gasteiger partial charge on any atom is 0.415 e. The molecule has 0 heterocycles. The third-order valence-electron chi connectivity index (χ3n) is 1.84. The molecule has 3 nitrogen and oxygen atoms in total. The van der Waals surface area contributed by atoms with Crippen LogP contribution in [-0.4, -0.2) is 41.7 Å². The van der Waals surface area contributed by atoms with Crippen LogP contribution in [0, 0.1) is 5.92 Å². The van der Waals surface area contributed by atoms with Crippen LogP contribution >= 0.6 is 0 Å². The van der Waals surface area contributed by atoms with Crippen LogP contribution in [0.4, 0.5) is 13.2 Å². The fraction of sp³-hybridized carbons (Fsp3) is 1.00. The molecule has 0 aromatic rings. The lowest BCUT2D eigenvalue weighted by atomic mass is 10.1. The molecule has 0 fully saturated rings. The highest BCUT2D eigenvalue weighted by Crippen LogP contribution is 2.19. The van der Waals surface area contributed by atoms with Crippen LogP contribution in [0.2, 0.25) is 0 Å². The van der Waals surface area contributed by atoms with Crippen LogP contribution in [0.5, 0.6) is 0 Å². The van der Waals surface area contributed by atoms with E-state index in [0.29, 0.717) is 6.42 Å². The van der Waals surface area contributed by atoms with Gasteiger partial charge in [0.1, 0.15) is 0 Å². The van der Waals surface area contributed by atoms with Crippen LogP contribution in [0.1, 0.15) is 20.3 Å². The van der Waals surface area contributed by atoms with Gasteiger partial charge in [0.15, 0.2) is 6.10 Å². The highest BCUT2D eigenvalue weighted by molar-refractivity contribution is 4.70. The molecule has 6 heteroatoms. The summed E-state index contributed by atoms with van der Waals surface area (Å²) < 4.78 is 35.5. The van der Waals surface area contributed by atoms with Gasteiger partial charge in [0, 0.05) is 13.1 Å². The lowest BCUT2D eigenvalue weighted by Gasteiger charge is -2.17. The molecule has 0 radical (unpaired) electrons. The Hall–Kier alpha value is -0.330. The first-order chi connectivity index (χ1) is 6.73. The van der Waals surface area contributed by atoms with Gasteiger partial charge in [-0.2, -0.15) is 13.2 Å². The Labute approximate surface area is 87.3 Å². The van der Waals surface area contributed by atoms with Gasteiger partial charge in [-0.15, -0.1) is 0 Å². The molecule has 2 unspecified atom stereocenters. The van der Waals surface area contributed by atoms with Gasteiger partial charge in [0.2, 0.25) is 0 Å². The third kappa shape index (κ3) is 7.58. The number of rotatable bonds is 6. The van der Waals surface area contributed by atoms with Crippen molar-refractivity contribution in [1.29, 1.82) is 0 Å². The van der Waals surface area contributed by atoms with Gasteiger partial charge in [-0.3, -0.25) is 0 Å². The lowest BCUT2D eigenvalue weighted by Crippen LogP contribution is -2.41. The van der Waals surface area contributed by atoms with Crippen LogP contribution in [0.15, 0.2) is 0 Å². The van der Waals surface area contributed by atoms with Crippen molar-refractivity contribution >= 4 is 0 Å². The second-order valence-electron chi connectivity index (χ2n) is 4.00. The van der Waals surface area contributed by atoms with E-state index in [1.54, 1.807) is 0 Å². The zero-order chi connectivity index (χ0) is 12.1. The van der Waals surface area contributed by atoms with Crippen LogP contribution in [0.25, 0.3) is 0 Å². The molecule has 2 atom stereocenters. The minimum absolute atomic E-state index is 0.0608. The van der Waals surface area contributed by atoms with Gasteiger partial charge < -0.3 is 15.5 Å². The second kappa shape index (κ2) is 6.30. The number of hydrogen-bond donors (Lipinski definition) is 3. The van der Waals surface area contributed by atoms with Gasteiger partial charge in [0.25, 0.3) is 0 Å². The van der Waals surface area contributed by atoms with Crippen molar-refractivity contribution in [2.24, 2.45) is 5.92 Å². The van der Waals surface area contributed by atoms with E-state index in [1.807, 2.05) is 13.8 Å². The van der Waals surface area contributed by atoms with Gasteiger partial charge in [-0.1, -0.05) is 13.8 Å². The molecule has 0 amide bonds. The standard InChI is InChI=1S/C9H18F3NO2/c1-6(2)3-7(14)4-13-5-8(15)9(10,11)12/h6-8,13-15H,3-5H2,1-2H3. The molecule has 0 aliphatic carbocycles. The zero-order valence-electron chi connectivity index (χ0n) is 8.88. The van der Waals surface area contributed by atoms with Crippen molar-refractivity contribution in [3.8, 4) is 0 Å². The van der Waals surface area contributed by atoms with Crippen LogP contribution in [-0.2, 0) is 0 Å². The SMILES string of the molecule is CC(C)CC(O)CNCC(O)C(F)(F)F. The lowest BCUT2D eigenvalue weighted by molar-refractivity contribution is -0.202. The summed E-state index contributed by atoms with van der Waals surface area (Å²) in [7, 11) is 0. The highest BCUT2D eigenvalue weighted by atomic mass is 19.4. The summed E-state index contributed by atoms with van der Waals surface area (Å²) >= 11 is 0. The quantitative estimate of drug-likeness (QED) is 0.634. The summed E-state index contributed by atoms with van der Waals surface area (Å²) in [5.74, 6) is 0.286. The monoisotopic (exact) mass is 229 g/mol. The molecule has 0 bridgehead atoms. The maximum absolute atomic E-state index is 11.8. The molecule has 0 rings (SSSR count). The number of alkyl halides is 3. The highest BCUT2D eigenvalue weighted by Gasteiger charge is 2.37. The average Bonchev–Trinajstić information content (AvgIpc) is 2.00. The van der Waals surface area contributed by atoms with Crippen LogP contribution in [0.3, 0.4) is 0 Å². The molecule has 0 aromatic heterocycles. The van der Waals surface area contributed by atoms with Gasteiger partial charge in [-0.25, -0.2) is 0 Å². The zero-order valence-corrected chi connectivity index (χ0v) is 8.88. The molecule has 3 N–H and O–H groups in total. The number of nitrogens with one attached hydrogen (secondary N) is 1. The van der Waals surface area contributed by atoms with E-state index in [9.17, 15) is 18.3 Å². The molecule has 92 valence electrons. The van der Waals surface area contributed by atoms with E-state index in [0.717, 1.165) is 0 Å². The maximum atomic E-state index is 11.8. The minimum Gasteiger partial charge on any atom is -0.392 e. The first-order valence-electron chi connectivity index (χ1n) is 4.87. The summed E-state index contributed by atoms with van der Waals surface area (Å²) in [6, 6.07) is 0. The first-order valence-corrected chi connectivity index (χ1v) is 4.87. The van der Waals surface area contributed by atoms with Crippen molar-refractivity contribution in [2.75, 3.05) is 13.1 Å². The fourth-order valence-corrected chi connectivity index (χ4v) is 1.13. The Morgan fingerprint density at radius 3 is 2.07 bits per heavy atom. The van der Waals surface area contributed by atoms with E-state index < -0.39 is 24.9 Å². The molecule has 15 heavy (non-hydrogen) atoms. The van der Waals surface area contributed by atoms with Gasteiger partial charge in [-0.05, 0) is 12.3 Å². The fourth-order valence-electron chi connectivity index (χ4n) is 1.13. The van der Waals surface area contributed by atoms with E-state index in [1.165, 1.54) is 0 Å². The minimum atomic E-state index is -4.60. The number of halogens is 3. The second-order valence-corrected chi connectivity index (χ2v) is 4.00. The number of aliphatic hydroxyl groups excluding tert-OH is 2. The Morgan fingerprint density at radius 2 is 1.67 bits per heavy atom. The van der Waals surface area contributed by atoms with E-state index in [-0.39, 0.29) is 12.5 Å². The average molecular weight is 229 g/mol. The Kier molecular flexibility index (Phi) is 6.16. The predicted octanol–water partition coefficient (Wildman–Crippen LogP) is 0.906. The van der Waals surface area contributed by atoms with Gasteiger partial charge >= 0.3 is 6.18 Å². The Balaban J connectivity index is 3.62. The van der Waals surface area contributed by atoms with Crippen molar-refractivity contribution < 1.29 is 23.4 Å². The summed E-state index contributed by atoms with van der Waals surface area (Å²) in [5.41, 5.74) is 0. The molecule has 0 aliphatic heterocycles. The van der Waals surface area contributed by atoms with Crippen molar-refractivity contribution in [2.45, 2.75) is 38.7 Å². The smallest absolute Gasteiger partial charge is 0.392 e. The predicted molar refractivity (Wildman–Crippen MR) is 50.4 cm³/mol. The van der Waals surface area contributed by atoms with Crippen molar-refractivity contribution in [3.63, 3.8) is 0 Å². The van der Waals surface area contributed by atoms with Crippen LogP contribution < -0.4 is 5.32 Å². The number of hydrogen-bond acceptors (Lipinski definition) is 3. The Bertz CT molecular complexity index is 173. The molecular formula is C9H18F3NO2. The van der Waals surface area contributed by atoms with Gasteiger partial charge in [0.05, 0.1) is 6.10 Å². The van der Waals surface area contributed by atoms with E-state index in [2.05, 4.69) is 5.32 Å². The molecule has 0 saturated heterocycles. The summed E-state index contributed by atoms with van der Waals surface area (Å²) in [6.45, 7) is 3.30. The van der Waals surface area contributed by atoms with Crippen molar-refractivity contribution in [1.82, 2.24) is 5.32 Å². The number of aliphatic hydroxyl groups is 2.